The van der Waals surface area contributed by atoms with E-state index in [1.165, 1.54) is 0 Å². The number of amides is 1. The molecule has 18 heavy (non-hydrogen) atoms. The Hall–Kier alpha value is -1.55. The maximum Gasteiger partial charge on any atom is 0.224 e. The summed E-state index contributed by atoms with van der Waals surface area (Å²) in [5.74, 6) is 0.800. The Morgan fingerprint density at radius 3 is 2.78 bits per heavy atom. The van der Waals surface area contributed by atoms with Gasteiger partial charge in [0.1, 0.15) is 5.75 Å². The van der Waals surface area contributed by atoms with Crippen LogP contribution in [-0.2, 0) is 11.3 Å². The molecule has 4 nitrogen and oxygen atoms in total. The average Bonchev–Trinajstić information content (AvgIpc) is 3.15. The summed E-state index contributed by atoms with van der Waals surface area (Å²) in [5.41, 5.74) is 6.70. The topological polar surface area (TPSA) is 66.6 Å². The summed E-state index contributed by atoms with van der Waals surface area (Å²) in [4.78, 5) is 13.6. The van der Waals surface area contributed by atoms with Gasteiger partial charge in [-0.15, -0.1) is 0 Å². The largest absolute Gasteiger partial charge is 0.508 e. The third-order valence-corrected chi connectivity index (χ3v) is 3.46. The van der Waals surface area contributed by atoms with Gasteiger partial charge in [0.05, 0.1) is 0 Å². The lowest BCUT2D eigenvalue weighted by Gasteiger charge is -2.20. The summed E-state index contributed by atoms with van der Waals surface area (Å²) in [6, 6.07) is 7.06. The van der Waals surface area contributed by atoms with Crippen molar-refractivity contribution in [2.45, 2.75) is 31.8 Å². The Labute approximate surface area is 107 Å². The van der Waals surface area contributed by atoms with Gasteiger partial charge in [0.2, 0.25) is 5.91 Å². The van der Waals surface area contributed by atoms with Gasteiger partial charge in [0.15, 0.2) is 0 Å². The number of benzene rings is 1. The molecule has 3 N–H and O–H groups in total. The SMILES string of the molecule is CN(Cc1ccccc1O)C(=O)CC(N)C1CC1. The van der Waals surface area contributed by atoms with Gasteiger partial charge in [-0.25, -0.2) is 0 Å². The Kier molecular flexibility index (Phi) is 3.87. The standard InChI is InChI=1S/C14H20N2O2/c1-16(9-11-4-2-3-5-13(11)17)14(18)8-12(15)10-6-7-10/h2-5,10,12,17H,6-9,15H2,1H3. The summed E-state index contributed by atoms with van der Waals surface area (Å²) in [7, 11) is 1.74. The number of carbonyl (C=O) groups is 1. The van der Waals surface area contributed by atoms with Crippen LogP contribution in [0.1, 0.15) is 24.8 Å². The molecular weight excluding hydrogens is 228 g/mol. The van der Waals surface area contributed by atoms with Crippen molar-refractivity contribution in [3.05, 3.63) is 29.8 Å². The van der Waals surface area contributed by atoms with Crippen molar-refractivity contribution in [1.29, 1.82) is 0 Å². The molecule has 1 aromatic rings. The van der Waals surface area contributed by atoms with E-state index in [-0.39, 0.29) is 17.7 Å². The molecule has 1 unspecified atom stereocenters. The molecule has 0 aliphatic heterocycles. The van der Waals surface area contributed by atoms with E-state index < -0.39 is 0 Å². The molecule has 1 saturated carbocycles. The van der Waals surface area contributed by atoms with Gasteiger partial charge in [-0.3, -0.25) is 4.79 Å². The van der Waals surface area contributed by atoms with Gasteiger partial charge >= 0.3 is 0 Å². The molecule has 0 aromatic heterocycles. The zero-order valence-corrected chi connectivity index (χ0v) is 10.7. The molecule has 1 aromatic carbocycles. The van der Waals surface area contributed by atoms with Crippen LogP contribution in [0.5, 0.6) is 5.75 Å². The minimum atomic E-state index is -0.00989. The van der Waals surface area contributed by atoms with Crippen molar-refractivity contribution in [3.63, 3.8) is 0 Å². The zero-order valence-electron chi connectivity index (χ0n) is 10.7. The molecule has 0 saturated heterocycles. The second-order valence-corrected chi connectivity index (χ2v) is 5.08. The van der Waals surface area contributed by atoms with Crippen molar-refractivity contribution >= 4 is 5.91 Å². The Morgan fingerprint density at radius 2 is 2.17 bits per heavy atom. The van der Waals surface area contributed by atoms with E-state index in [1.807, 2.05) is 12.1 Å². The van der Waals surface area contributed by atoms with Gasteiger partial charge in [0.25, 0.3) is 0 Å². The summed E-state index contributed by atoms with van der Waals surface area (Å²) in [6.45, 7) is 0.420. The van der Waals surface area contributed by atoms with Crippen LogP contribution in [-0.4, -0.2) is 29.0 Å². The van der Waals surface area contributed by atoms with Crippen molar-refractivity contribution in [2.24, 2.45) is 11.7 Å². The van der Waals surface area contributed by atoms with Crippen LogP contribution in [0.4, 0.5) is 0 Å². The first-order valence-electron chi connectivity index (χ1n) is 6.34. The van der Waals surface area contributed by atoms with E-state index in [2.05, 4.69) is 0 Å². The molecule has 1 aliphatic rings. The average molecular weight is 248 g/mol. The third kappa shape index (κ3) is 3.23. The fourth-order valence-electron chi connectivity index (χ4n) is 2.04. The number of nitrogens with two attached hydrogens (primary N) is 1. The van der Waals surface area contributed by atoms with E-state index in [1.54, 1.807) is 24.1 Å². The molecule has 0 spiro atoms. The Balaban J connectivity index is 1.88. The van der Waals surface area contributed by atoms with Crippen molar-refractivity contribution in [1.82, 2.24) is 4.90 Å². The molecule has 4 heteroatoms. The zero-order chi connectivity index (χ0) is 13.1. The number of aromatic hydroxyl groups is 1. The number of phenolic OH excluding ortho intramolecular Hbond substituents is 1. The maximum atomic E-state index is 12.0. The predicted octanol–water partition coefficient (Wildman–Crippen LogP) is 1.48. The molecule has 1 fully saturated rings. The van der Waals surface area contributed by atoms with Gasteiger partial charge in [-0.05, 0) is 24.8 Å². The van der Waals surface area contributed by atoms with Crippen LogP contribution in [0.3, 0.4) is 0 Å². The summed E-state index contributed by atoms with van der Waals surface area (Å²) in [5, 5.41) is 9.66. The molecular formula is C14H20N2O2. The first-order valence-corrected chi connectivity index (χ1v) is 6.34. The highest BCUT2D eigenvalue weighted by Crippen LogP contribution is 2.33. The maximum absolute atomic E-state index is 12.0. The van der Waals surface area contributed by atoms with Crippen molar-refractivity contribution < 1.29 is 9.90 Å². The second kappa shape index (κ2) is 5.40. The lowest BCUT2D eigenvalue weighted by molar-refractivity contribution is -0.130. The van der Waals surface area contributed by atoms with Gasteiger partial charge in [0, 0.05) is 31.6 Å². The highest BCUT2D eigenvalue weighted by Gasteiger charge is 2.30. The van der Waals surface area contributed by atoms with Crippen LogP contribution in [0.15, 0.2) is 24.3 Å². The van der Waals surface area contributed by atoms with Crippen molar-refractivity contribution in [2.75, 3.05) is 7.05 Å². The lowest BCUT2D eigenvalue weighted by Crippen LogP contribution is -2.34. The van der Waals surface area contributed by atoms with E-state index in [4.69, 9.17) is 5.73 Å². The molecule has 1 amide bonds. The fraction of sp³-hybridized carbons (Fsp3) is 0.500. The smallest absolute Gasteiger partial charge is 0.224 e. The van der Waals surface area contributed by atoms with Crippen LogP contribution in [0, 0.1) is 5.92 Å². The second-order valence-electron chi connectivity index (χ2n) is 5.08. The highest BCUT2D eigenvalue weighted by atomic mass is 16.3. The minimum absolute atomic E-state index is 0.00989. The van der Waals surface area contributed by atoms with Gasteiger partial charge in [-0.1, -0.05) is 18.2 Å². The minimum Gasteiger partial charge on any atom is -0.508 e. The molecule has 98 valence electrons. The van der Waals surface area contributed by atoms with E-state index in [9.17, 15) is 9.90 Å². The summed E-state index contributed by atoms with van der Waals surface area (Å²) >= 11 is 0. The summed E-state index contributed by atoms with van der Waals surface area (Å²) < 4.78 is 0. The summed E-state index contributed by atoms with van der Waals surface area (Å²) in [6.07, 6.45) is 2.70. The van der Waals surface area contributed by atoms with Gasteiger partial charge < -0.3 is 15.7 Å². The Bertz CT molecular complexity index is 430. The number of carbonyl (C=O) groups excluding carboxylic acids is 1. The predicted molar refractivity (Wildman–Crippen MR) is 69.9 cm³/mol. The first kappa shape index (κ1) is 12.9. The number of hydrogen-bond acceptors (Lipinski definition) is 3. The van der Waals surface area contributed by atoms with Gasteiger partial charge in [-0.2, -0.15) is 0 Å². The number of para-hydroxylation sites is 1. The quantitative estimate of drug-likeness (QED) is 0.829. The molecule has 0 radical (unpaired) electrons. The fourth-order valence-corrected chi connectivity index (χ4v) is 2.04. The van der Waals surface area contributed by atoms with Crippen LogP contribution in [0.2, 0.25) is 0 Å². The highest BCUT2D eigenvalue weighted by molar-refractivity contribution is 5.76. The Morgan fingerprint density at radius 1 is 1.50 bits per heavy atom. The van der Waals surface area contributed by atoms with Crippen molar-refractivity contribution in [3.8, 4) is 5.75 Å². The number of phenols is 1. The third-order valence-electron chi connectivity index (χ3n) is 3.46. The van der Waals surface area contributed by atoms with Crippen LogP contribution >= 0.6 is 0 Å². The van der Waals surface area contributed by atoms with E-state index in [0.717, 1.165) is 18.4 Å². The molecule has 2 rings (SSSR count). The van der Waals surface area contributed by atoms with E-state index in [0.29, 0.717) is 18.9 Å². The first-order chi connectivity index (χ1) is 8.58. The van der Waals surface area contributed by atoms with Crippen LogP contribution < -0.4 is 5.73 Å². The molecule has 1 aliphatic carbocycles. The lowest BCUT2D eigenvalue weighted by atomic mass is 10.1. The monoisotopic (exact) mass is 248 g/mol. The number of rotatable bonds is 5. The number of nitrogens with zero attached hydrogens (tertiary/aromatic N) is 1. The number of hydrogen-bond donors (Lipinski definition) is 2. The van der Waals surface area contributed by atoms with E-state index >= 15 is 0 Å². The molecule has 0 heterocycles. The van der Waals surface area contributed by atoms with Crippen LogP contribution in [0.25, 0.3) is 0 Å². The molecule has 1 atom stereocenters. The normalized spacial score (nSPS) is 16.3. The molecule has 0 bridgehead atoms.